The molecule has 1 aromatic carbocycles. The number of nitrogens with zero attached hydrogens (tertiary/aromatic N) is 1. The second-order valence-corrected chi connectivity index (χ2v) is 5.55. The molecule has 1 amide bonds. The zero-order valence-electron chi connectivity index (χ0n) is 12.8. The fourth-order valence-electron chi connectivity index (χ4n) is 2.79. The Balaban J connectivity index is 1.96. The van der Waals surface area contributed by atoms with E-state index in [-0.39, 0.29) is 5.92 Å². The average Bonchev–Trinajstić information content (AvgIpc) is 3.27. The number of hydrogen-bond donors (Lipinski definition) is 0. The van der Waals surface area contributed by atoms with Gasteiger partial charge < -0.3 is 9.64 Å². The average molecular weight is 275 g/mol. The van der Waals surface area contributed by atoms with Crippen LogP contribution in [0.4, 0.5) is 0 Å². The fraction of sp³-hybridized carbons (Fsp3) is 0.588. The topological polar surface area (TPSA) is 29.5 Å². The smallest absolute Gasteiger partial charge is 0.226 e. The van der Waals surface area contributed by atoms with E-state index in [1.54, 1.807) is 7.11 Å². The molecule has 1 aliphatic carbocycles. The molecule has 0 saturated heterocycles. The van der Waals surface area contributed by atoms with E-state index >= 15 is 0 Å². The summed E-state index contributed by atoms with van der Waals surface area (Å²) < 4.78 is 5.17. The quantitative estimate of drug-likeness (QED) is 0.763. The van der Waals surface area contributed by atoms with Crippen LogP contribution in [0.25, 0.3) is 0 Å². The van der Waals surface area contributed by atoms with Crippen LogP contribution in [-0.2, 0) is 4.79 Å². The van der Waals surface area contributed by atoms with Gasteiger partial charge in [-0.2, -0.15) is 0 Å². The van der Waals surface area contributed by atoms with Crippen LogP contribution < -0.4 is 4.74 Å². The minimum Gasteiger partial charge on any atom is -0.497 e. The highest BCUT2D eigenvalue weighted by Crippen LogP contribution is 2.48. The van der Waals surface area contributed by atoms with Crippen LogP contribution in [0.15, 0.2) is 24.3 Å². The lowest BCUT2D eigenvalue weighted by molar-refractivity contribution is -0.132. The molecule has 2 unspecified atom stereocenters. The molecule has 3 heteroatoms. The molecule has 0 bridgehead atoms. The number of carbonyl (C=O) groups excluding carboxylic acids is 1. The summed E-state index contributed by atoms with van der Waals surface area (Å²) in [6.45, 7) is 6.03. The molecule has 2 atom stereocenters. The number of ether oxygens (including phenoxy) is 1. The first-order chi connectivity index (χ1) is 9.71. The number of hydrogen-bond acceptors (Lipinski definition) is 2. The lowest BCUT2D eigenvalue weighted by Crippen LogP contribution is -2.34. The molecule has 0 aromatic heterocycles. The molecule has 1 aliphatic rings. The van der Waals surface area contributed by atoms with Gasteiger partial charge in [-0.15, -0.1) is 0 Å². The zero-order valence-corrected chi connectivity index (χ0v) is 12.8. The van der Waals surface area contributed by atoms with Crippen molar-refractivity contribution in [2.24, 2.45) is 5.92 Å². The first-order valence-electron chi connectivity index (χ1n) is 7.64. The van der Waals surface area contributed by atoms with E-state index in [1.165, 1.54) is 5.56 Å². The van der Waals surface area contributed by atoms with E-state index in [9.17, 15) is 4.79 Å². The van der Waals surface area contributed by atoms with E-state index in [0.717, 1.165) is 38.1 Å². The van der Waals surface area contributed by atoms with Gasteiger partial charge in [-0.05, 0) is 42.9 Å². The molecule has 20 heavy (non-hydrogen) atoms. The van der Waals surface area contributed by atoms with Gasteiger partial charge in [0.2, 0.25) is 5.91 Å². The van der Waals surface area contributed by atoms with Crippen LogP contribution in [0.2, 0.25) is 0 Å². The molecular formula is C17H25NO2. The summed E-state index contributed by atoms with van der Waals surface area (Å²) in [7, 11) is 1.67. The zero-order chi connectivity index (χ0) is 14.5. The van der Waals surface area contributed by atoms with E-state index < -0.39 is 0 Å². The lowest BCUT2D eigenvalue weighted by Gasteiger charge is -2.21. The number of methoxy groups -OCH3 is 1. The van der Waals surface area contributed by atoms with E-state index in [1.807, 2.05) is 17.0 Å². The number of amides is 1. The van der Waals surface area contributed by atoms with E-state index in [0.29, 0.717) is 11.8 Å². The largest absolute Gasteiger partial charge is 0.497 e. The molecule has 110 valence electrons. The van der Waals surface area contributed by atoms with Gasteiger partial charge in [0.05, 0.1) is 7.11 Å². The standard InChI is InChI=1S/C17H25NO2/c1-4-10-18(11-5-2)17(19)16-12-15(16)13-6-8-14(20-3)9-7-13/h6-9,15-16H,4-5,10-12H2,1-3H3. The molecule has 1 fully saturated rings. The molecule has 0 radical (unpaired) electrons. The van der Waals surface area contributed by atoms with Crippen molar-refractivity contribution in [3.8, 4) is 5.75 Å². The van der Waals surface area contributed by atoms with Crippen molar-refractivity contribution in [3.63, 3.8) is 0 Å². The first kappa shape index (κ1) is 14.9. The Labute approximate surface area is 121 Å². The molecule has 0 spiro atoms. The molecule has 3 nitrogen and oxygen atoms in total. The van der Waals surface area contributed by atoms with Crippen molar-refractivity contribution in [3.05, 3.63) is 29.8 Å². The third-order valence-corrected chi connectivity index (χ3v) is 3.95. The van der Waals surface area contributed by atoms with Gasteiger partial charge in [0.1, 0.15) is 5.75 Å². The summed E-state index contributed by atoms with van der Waals surface area (Å²) in [5.74, 6) is 1.82. The second kappa shape index (κ2) is 6.78. The highest BCUT2D eigenvalue weighted by Gasteiger charge is 2.45. The molecule has 0 heterocycles. The summed E-state index contributed by atoms with van der Waals surface area (Å²) in [5, 5.41) is 0. The van der Waals surface area contributed by atoms with Crippen LogP contribution in [0, 0.1) is 5.92 Å². The Bertz CT molecular complexity index is 435. The predicted molar refractivity (Wildman–Crippen MR) is 81.0 cm³/mol. The van der Waals surface area contributed by atoms with Crippen molar-refractivity contribution < 1.29 is 9.53 Å². The fourth-order valence-corrected chi connectivity index (χ4v) is 2.79. The van der Waals surface area contributed by atoms with Crippen LogP contribution in [0.5, 0.6) is 5.75 Å². The Kier molecular flexibility index (Phi) is 5.05. The van der Waals surface area contributed by atoms with Gasteiger partial charge in [-0.25, -0.2) is 0 Å². The Morgan fingerprint density at radius 3 is 2.30 bits per heavy atom. The maximum absolute atomic E-state index is 12.5. The third kappa shape index (κ3) is 3.33. The van der Waals surface area contributed by atoms with Crippen LogP contribution in [0.3, 0.4) is 0 Å². The van der Waals surface area contributed by atoms with Crippen molar-refractivity contribution >= 4 is 5.91 Å². The Morgan fingerprint density at radius 2 is 1.80 bits per heavy atom. The lowest BCUT2D eigenvalue weighted by atomic mass is 10.1. The first-order valence-corrected chi connectivity index (χ1v) is 7.64. The number of benzene rings is 1. The van der Waals surface area contributed by atoms with E-state index in [4.69, 9.17) is 4.74 Å². The molecule has 0 N–H and O–H groups in total. The molecular weight excluding hydrogens is 250 g/mol. The third-order valence-electron chi connectivity index (χ3n) is 3.95. The Morgan fingerprint density at radius 1 is 1.20 bits per heavy atom. The Hall–Kier alpha value is -1.51. The predicted octanol–water partition coefficient (Wildman–Crippen LogP) is 3.45. The van der Waals surface area contributed by atoms with Crippen molar-refractivity contribution in [1.82, 2.24) is 4.90 Å². The summed E-state index contributed by atoms with van der Waals surface area (Å²) in [6, 6.07) is 8.12. The van der Waals surface area contributed by atoms with Crippen LogP contribution in [0.1, 0.15) is 44.6 Å². The van der Waals surface area contributed by atoms with Gasteiger partial charge in [0.25, 0.3) is 0 Å². The maximum atomic E-state index is 12.5. The van der Waals surface area contributed by atoms with E-state index in [2.05, 4.69) is 26.0 Å². The molecule has 0 aliphatic heterocycles. The summed E-state index contributed by atoms with van der Waals surface area (Å²) >= 11 is 0. The number of rotatable bonds is 7. The summed E-state index contributed by atoms with van der Waals surface area (Å²) in [6.07, 6.45) is 3.06. The van der Waals surface area contributed by atoms with Gasteiger partial charge in [-0.3, -0.25) is 4.79 Å². The molecule has 1 aromatic rings. The van der Waals surface area contributed by atoms with Gasteiger partial charge in [0.15, 0.2) is 0 Å². The molecule has 1 saturated carbocycles. The van der Waals surface area contributed by atoms with Crippen LogP contribution in [-0.4, -0.2) is 31.0 Å². The molecule has 2 rings (SSSR count). The minimum absolute atomic E-state index is 0.196. The highest BCUT2D eigenvalue weighted by atomic mass is 16.5. The number of carbonyl (C=O) groups is 1. The minimum atomic E-state index is 0.196. The van der Waals surface area contributed by atoms with Gasteiger partial charge in [-0.1, -0.05) is 26.0 Å². The monoisotopic (exact) mass is 275 g/mol. The normalized spacial score (nSPS) is 20.6. The van der Waals surface area contributed by atoms with Crippen LogP contribution >= 0.6 is 0 Å². The van der Waals surface area contributed by atoms with Crippen molar-refractivity contribution in [1.29, 1.82) is 0 Å². The van der Waals surface area contributed by atoms with Crippen molar-refractivity contribution in [2.75, 3.05) is 20.2 Å². The van der Waals surface area contributed by atoms with Gasteiger partial charge in [0, 0.05) is 19.0 Å². The van der Waals surface area contributed by atoms with Crippen molar-refractivity contribution in [2.45, 2.75) is 39.0 Å². The SMILES string of the molecule is CCCN(CCC)C(=O)C1CC1c1ccc(OC)cc1. The van der Waals surface area contributed by atoms with Gasteiger partial charge >= 0.3 is 0 Å². The maximum Gasteiger partial charge on any atom is 0.226 e. The summed E-state index contributed by atoms with van der Waals surface area (Å²) in [5.41, 5.74) is 1.26. The second-order valence-electron chi connectivity index (χ2n) is 5.55. The summed E-state index contributed by atoms with van der Waals surface area (Å²) in [4.78, 5) is 14.5. The highest BCUT2D eigenvalue weighted by molar-refractivity contribution is 5.83.